The molecule has 3 aromatic rings. The van der Waals surface area contributed by atoms with Gasteiger partial charge >= 0.3 is 0 Å². The van der Waals surface area contributed by atoms with Gasteiger partial charge in [-0.25, -0.2) is 4.39 Å². The first-order chi connectivity index (χ1) is 10.2. The SMILES string of the molecule is OC1(c2cc3cccc(F)c3o2)CCCc2ccccc21. The van der Waals surface area contributed by atoms with Crippen molar-refractivity contribution >= 4 is 11.0 Å². The Balaban J connectivity index is 1.94. The van der Waals surface area contributed by atoms with E-state index >= 15 is 0 Å². The largest absolute Gasteiger partial charge is 0.455 e. The van der Waals surface area contributed by atoms with Crippen LogP contribution >= 0.6 is 0 Å². The molecule has 0 aliphatic heterocycles. The zero-order valence-corrected chi connectivity index (χ0v) is 11.5. The standard InChI is InChI=1S/C18H15FO2/c19-15-9-3-6-13-11-16(21-17(13)15)18(20)10-4-7-12-5-1-2-8-14(12)18/h1-3,5-6,8-9,11,20H,4,7,10H2. The van der Waals surface area contributed by atoms with Gasteiger partial charge in [0, 0.05) is 5.39 Å². The zero-order valence-electron chi connectivity index (χ0n) is 11.5. The molecule has 21 heavy (non-hydrogen) atoms. The highest BCUT2D eigenvalue weighted by Gasteiger charge is 2.39. The highest BCUT2D eigenvalue weighted by Crippen LogP contribution is 2.42. The molecule has 1 aromatic heterocycles. The van der Waals surface area contributed by atoms with Crippen LogP contribution in [0.15, 0.2) is 52.9 Å². The van der Waals surface area contributed by atoms with Gasteiger partial charge in [0.05, 0.1) is 0 Å². The maximum absolute atomic E-state index is 13.8. The van der Waals surface area contributed by atoms with Crippen LogP contribution in [0.3, 0.4) is 0 Å². The third-order valence-electron chi connectivity index (χ3n) is 4.35. The number of aryl methyl sites for hydroxylation is 1. The van der Waals surface area contributed by atoms with Gasteiger partial charge in [-0.15, -0.1) is 0 Å². The lowest BCUT2D eigenvalue weighted by Gasteiger charge is -2.32. The lowest BCUT2D eigenvalue weighted by molar-refractivity contribution is 0.0405. The van der Waals surface area contributed by atoms with Crippen LogP contribution in [0.4, 0.5) is 4.39 Å². The number of hydrogen-bond acceptors (Lipinski definition) is 2. The van der Waals surface area contributed by atoms with Gasteiger partial charge in [-0.3, -0.25) is 0 Å². The number of rotatable bonds is 1. The van der Waals surface area contributed by atoms with Crippen molar-refractivity contribution in [1.82, 2.24) is 0 Å². The fourth-order valence-electron chi connectivity index (χ4n) is 3.30. The molecule has 0 fully saturated rings. The molecule has 2 nitrogen and oxygen atoms in total. The van der Waals surface area contributed by atoms with Crippen molar-refractivity contribution in [3.8, 4) is 0 Å². The van der Waals surface area contributed by atoms with Crippen molar-refractivity contribution in [2.75, 3.05) is 0 Å². The number of hydrogen-bond donors (Lipinski definition) is 1. The predicted octanol–water partition coefficient (Wildman–Crippen LogP) is 4.14. The Morgan fingerprint density at radius 3 is 2.81 bits per heavy atom. The maximum Gasteiger partial charge on any atom is 0.170 e. The van der Waals surface area contributed by atoms with Crippen molar-refractivity contribution in [2.45, 2.75) is 24.9 Å². The lowest BCUT2D eigenvalue weighted by atomic mass is 9.77. The summed E-state index contributed by atoms with van der Waals surface area (Å²) in [5.74, 6) is 0.0289. The number of fused-ring (bicyclic) bond motifs is 2. The van der Waals surface area contributed by atoms with Crippen molar-refractivity contribution in [3.05, 3.63) is 71.2 Å². The highest BCUT2D eigenvalue weighted by atomic mass is 19.1. The first-order valence-corrected chi connectivity index (χ1v) is 7.18. The second kappa shape index (κ2) is 4.43. The van der Waals surface area contributed by atoms with Gasteiger partial charge in [0.25, 0.3) is 0 Å². The summed E-state index contributed by atoms with van der Waals surface area (Å²) in [4.78, 5) is 0. The van der Waals surface area contributed by atoms with E-state index in [4.69, 9.17) is 4.42 Å². The number of benzene rings is 2. The quantitative estimate of drug-likeness (QED) is 0.727. The molecule has 106 valence electrons. The van der Waals surface area contributed by atoms with Gasteiger partial charge < -0.3 is 9.52 Å². The van der Waals surface area contributed by atoms with Gasteiger partial charge in [0.15, 0.2) is 11.4 Å². The summed E-state index contributed by atoms with van der Waals surface area (Å²) in [5, 5.41) is 11.9. The minimum Gasteiger partial charge on any atom is -0.455 e. The van der Waals surface area contributed by atoms with Crippen LogP contribution < -0.4 is 0 Å². The highest BCUT2D eigenvalue weighted by molar-refractivity contribution is 5.78. The Labute approximate surface area is 121 Å². The van der Waals surface area contributed by atoms with Gasteiger partial charge in [-0.2, -0.15) is 0 Å². The second-order valence-electron chi connectivity index (χ2n) is 5.64. The summed E-state index contributed by atoms with van der Waals surface area (Å²) >= 11 is 0. The molecule has 1 unspecified atom stereocenters. The van der Waals surface area contributed by atoms with E-state index in [0.29, 0.717) is 17.6 Å². The first-order valence-electron chi connectivity index (χ1n) is 7.18. The molecule has 4 rings (SSSR count). The van der Waals surface area contributed by atoms with E-state index in [9.17, 15) is 9.50 Å². The van der Waals surface area contributed by atoms with E-state index in [1.807, 2.05) is 24.3 Å². The van der Waals surface area contributed by atoms with Crippen molar-refractivity contribution in [2.24, 2.45) is 0 Å². The van der Waals surface area contributed by atoms with Crippen LogP contribution in [-0.4, -0.2) is 5.11 Å². The second-order valence-corrected chi connectivity index (χ2v) is 5.64. The lowest BCUT2D eigenvalue weighted by Crippen LogP contribution is -2.31. The van der Waals surface area contributed by atoms with Gasteiger partial charge in [0.1, 0.15) is 11.4 Å². The normalized spacial score (nSPS) is 21.4. The fraction of sp³-hybridized carbons (Fsp3) is 0.222. The molecule has 1 atom stereocenters. The Morgan fingerprint density at radius 1 is 1.10 bits per heavy atom. The average Bonchev–Trinajstić information content (AvgIpc) is 2.94. The third kappa shape index (κ3) is 1.81. The van der Waals surface area contributed by atoms with Crippen molar-refractivity contribution in [3.63, 3.8) is 0 Å². The summed E-state index contributed by atoms with van der Waals surface area (Å²) in [6.45, 7) is 0. The van der Waals surface area contributed by atoms with E-state index in [2.05, 4.69) is 0 Å². The molecule has 1 aliphatic carbocycles. The molecule has 3 heteroatoms. The molecular weight excluding hydrogens is 267 g/mol. The van der Waals surface area contributed by atoms with Crippen LogP contribution in [-0.2, 0) is 12.0 Å². The number of furan rings is 1. The molecule has 0 radical (unpaired) electrons. The Hall–Kier alpha value is -2.13. The van der Waals surface area contributed by atoms with Crippen molar-refractivity contribution < 1.29 is 13.9 Å². The monoisotopic (exact) mass is 282 g/mol. The Bertz CT molecular complexity index is 821. The Kier molecular flexibility index (Phi) is 2.66. The number of halogens is 1. The average molecular weight is 282 g/mol. The summed E-state index contributed by atoms with van der Waals surface area (Å²) in [5.41, 5.74) is 1.05. The van der Waals surface area contributed by atoms with Gasteiger partial charge in [0.2, 0.25) is 0 Å². The summed E-state index contributed by atoms with van der Waals surface area (Å²) < 4.78 is 19.5. The number of aliphatic hydroxyl groups is 1. The van der Waals surface area contributed by atoms with Crippen LogP contribution in [0.2, 0.25) is 0 Å². The van der Waals surface area contributed by atoms with Crippen molar-refractivity contribution in [1.29, 1.82) is 0 Å². The molecule has 0 spiro atoms. The summed E-state index contributed by atoms with van der Waals surface area (Å²) in [6.07, 6.45) is 2.42. The van der Waals surface area contributed by atoms with E-state index in [1.54, 1.807) is 18.2 Å². The van der Waals surface area contributed by atoms with Gasteiger partial charge in [-0.05, 0) is 42.5 Å². The first kappa shape index (κ1) is 12.6. The minimum atomic E-state index is -1.17. The van der Waals surface area contributed by atoms with Gasteiger partial charge in [-0.1, -0.05) is 36.4 Å². The summed E-state index contributed by atoms with van der Waals surface area (Å²) in [7, 11) is 0. The smallest absolute Gasteiger partial charge is 0.170 e. The van der Waals surface area contributed by atoms with Crippen LogP contribution in [0.5, 0.6) is 0 Å². The van der Waals surface area contributed by atoms with Crippen LogP contribution in [0, 0.1) is 5.82 Å². The zero-order chi connectivity index (χ0) is 14.4. The van der Waals surface area contributed by atoms with E-state index < -0.39 is 11.4 Å². The molecule has 0 amide bonds. The molecule has 0 saturated heterocycles. The molecule has 2 aromatic carbocycles. The predicted molar refractivity (Wildman–Crippen MR) is 78.6 cm³/mol. The van der Waals surface area contributed by atoms with E-state index in [0.717, 1.165) is 24.0 Å². The van der Waals surface area contributed by atoms with E-state index in [-0.39, 0.29) is 5.58 Å². The molecule has 0 saturated carbocycles. The Morgan fingerprint density at radius 2 is 1.95 bits per heavy atom. The fourth-order valence-corrected chi connectivity index (χ4v) is 3.30. The third-order valence-corrected chi connectivity index (χ3v) is 4.35. The molecular formula is C18H15FO2. The van der Waals surface area contributed by atoms with Crippen LogP contribution in [0.1, 0.15) is 29.7 Å². The molecule has 0 bridgehead atoms. The molecule has 1 heterocycles. The topological polar surface area (TPSA) is 33.4 Å². The van der Waals surface area contributed by atoms with E-state index in [1.165, 1.54) is 6.07 Å². The maximum atomic E-state index is 13.8. The number of para-hydroxylation sites is 1. The molecule has 1 N–H and O–H groups in total. The van der Waals surface area contributed by atoms with Crippen LogP contribution in [0.25, 0.3) is 11.0 Å². The minimum absolute atomic E-state index is 0.212. The summed E-state index contributed by atoms with van der Waals surface area (Å²) in [6, 6.07) is 14.4. The molecule has 1 aliphatic rings.